The van der Waals surface area contributed by atoms with Crippen molar-refractivity contribution in [3.05, 3.63) is 16.3 Å². The number of rotatable bonds is 8. The van der Waals surface area contributed by atoms with E-state index in [1.165, 1.54) is 6.20 Å². The summed E-state index contributed by atoms with van der Waals surface area (Å²) < 4.78 is 0. The quantitative estimate of drug-likeness (QED) is 0.559. The standard InChI is InChI=1S/C11H19N5O2S/c1-4-5-12-11-13-6-9(16(17)18)10(15-11)14-8(2)7-19-3/h6,8H,4-5,7H2,1-3H3,(H2,12,13,14,15). The zero-order chi connectivity index (χ0) is 14.3. The summed E-state index contributed by atoms with van der Waals surface area (Å²) in [5.41, 5.74) is -0.102. The summed E-state index contributed by atoms with van der Waals surface area (Å²) in [6.45, 7) is 4.72. The van der Waals surface area contributed by atoms with Crippen molar-refractivity contribution in [2.24, 2.45) is 0 Å². The maximum absolute atomic E-state index is 10.9. The number of hydrogen-bond donors (Lipinski definition) is 2. The van der Waals surface area contributed by atoms with E-state index >= 15 is 0 Å². The van der Waals surface area contributed by atoms with E-state index in [0.29, 0.717) is 5.95 Å². The number of nitro groups is 1. The molecule has 0 amide bonds. The topological polar surface area (TPSA) is 93.0 Å². The molecule has 0 saturated heterocycles. The van der Waals surface area contributed by atoms with E-state index in [9.17, 15) is 10.1 Å². The Bertz CT molecular complexity index is 430. The molecule has 0 aliphatic heterocycles. The molecule has 7 nitrogen and oxygen atoms in total. The lowest BCUT2D eigenvalue weighted by molar-refractivity contribution is -0.384. The molecule has 1 aromatic heterocycles. The van der Waals surface area contributed by atoms with E-state index in [1.807, 2.05) is 20.1 Å². The summed E-state index contributed by atoms with van der Waals surface area (Å²) in [5.74, 6) is 1.52. The zero-order valence-corrected chi connectivity index (χ0v) is 12.2. The highest BCUT2D eigenvalue weighted by Gasteiger charge is 2.18. The number of aromatic nitrogens is 2. The Labute approximate surface area is 116 Å². The van der Waals surface area contributed by atoms with Crippen LogP contribution in [-0.2, 0) is 0 Å². The SMILES string of the molecule is CCCNc1ncc([N+](=O)[O-])c(NC(C)CSC)n1. The molecule has 0 saturated carbocycles. The summed E-state index contributed by atoms with van der Waals surface area (Å²) in [6.07, 6.45) is 4.16. The van der Waals surface area contributed by atoms with Gasteiger partial charge in [0.05, 0.1) is 4.92 Å². The van der Waals surface area contributed by atoms with E-state index < -0.39 is 4.92 Å². The van der Waals surface area contributed by atoms with Crippen LogP contribution in [-0.4, -0.2) is 39.5 Å². The Morgan fingerprint density at radius 1 is 1.58 bits per heavy atom. The number of nitrogens with one attached hydrogen (secondary N) is 2. The van der Waals surface area contributed by atoms with Gasteiger partial charge in [0, 0.05) is 18.3 Å². The lowest BCUT2D eigenvalue weighted by Gasteiger charge is -2.13. The molecule has 8 heteroatoms. The van der Waals surface area contributed by atoms with Crippen LogP contribution in [0, 0.1) is 10.1 Å². The molecule has 0 spiro atoms. The first-order valence-electron chi connectivity index (χ1n) is 6.09. The molecule has 0 radical (unpaired) electrons. The van der Waals surface area contributed by atoms with Crippen LogP contribution < -0.4 is 10.6 Å². The van der Waals surface area contributed by atoms with Gasteiger partial charge in [0.15, 0.2) is 0 Å². The highest BCUT2D eigenvalue weighted by Crippen LogP contribution is 2.23. The van der Waals surface area contributed by atoms with Crippen molar-refractivity contribution >= 4 is 29.2 Å². The first-order chi connectivity index (χ1) is 9.08. The highest BCUT2D eigenvalue weighted by molar-refractivity contribution is 7.98. The van der Waals surface area contributed by atoms with Gasteiger partial charge in [-0.2, -0.15) is 16.7 Å². The van der Waals surface area contributed by atoms with Crippen molar-refractivity contribution in [3.63, 3.8) is 0 Å². The minimum absolute atomic E-state index is 0.0997. The molecule has 0 fully saturated rings. The average molecular weight is 285 g/mol. The third-order valence-electron chi connectivity index (χ3n) is 2.30. The molecule has 1 heterocycles. The third kappa shape index (κ3) is 4.90. The van der Waals surface area contributed by atoms with Crippen LogP contribution in [0.4, 0.5) is 17.5 Å². The second-order valence-electron chi connectivity index (χ2n) is 4.11. The van der Waals surface area contributed by atoms with Crippen molar-refractivity contribution in [2.75, 3.05) is 29.2 Å². The first-order valence-corrected chi connectivity index (χ1v) is 7.48. The highest BCUT2D eigenvalue weighted by atomic mass is 32.2. The summed E-state index contributed by atoms with van der Waals surface area (Å²) in [5, 5.41) is 17.0. The summed E-state index contributed by atoms with van der Waals surface area (Å²) in [4.78, 5) is 18.6. The minimum atomic E-state index is -0.474. The monoisotopic (exact) mass is 285 g/mol. The Morgan fingerprint density at radius 2 is 2.32 bits per heavy atom. The van der Waals surface area contributed by atoms with Crippen molar-refractivity contribution in [1.29, 1.82) is 0 Å². The maximum atomic E-state index is 10.9. The van der Waals surface area contributed by atoms with Crippen molar-refractivity contribution in [2.45, 2.75) is 26.3 Å². The van der Waals surface area contributed by atoms with Gasteiger partial charge in [-0.3, -0.25) is 10.1 Å². The second-order valence-corrected chi connectivity index (χ2v) is 5.02. The van der Waals surface area contributed by atoms with Gasteiger partial charge in [-0.05, 0) is 19.6 Å². The Balaban J connectivity index is 2.91. The summed E-state index contributed by atoms with van der Waals surface area (Å²) >= 11 is 1.67. The van der Waals surface area contributed by atoms with Gasteiger partial charge in [-0.15, -0.1) is 0 Å². The molecule has 19 heavy (non-hydrogen) atoms. The fraction of sp³-hybridized carbons (Fsp3) is 0.636. The van der Waals surface area contributed by atoms with Crippen LogP contribution in [0.2, 0.25) is 0 Å². The van der Waals surface area contributed by atoms with Crippen LogP contribution >= 0.6 is 11.8 Å². The van der Waals surface area contributed by atoms with Crippen LogP contribution in [0.3, 0.4) is 0 Å². The number of thioether (sulfide) groups is 1. The van der Waals surface area contributed by atoms with Gasteiger partial charge in [0.1, 0.15) is 6.20 Å². The maximum Gasteiger partial charge on any atom is 0.329 e. The predicted molar refractivity (Wildman–Crippen MR) is 78.9 cm³/mol. The van der Waals surface area contributed by atoms with Crippen molar-refractivity contribution < 1.29 is 4.92 Å². The molecular formula is C11H19N5O2S. The summed E-state index contributed by atoms with van der Waals surface area (Å²) in [7, 11) is 0. The molecule has 1 unspecified atom stereocenters. The Morgan fingerprint density at radius 3 is 2.89 bits per heavy atom. The predicted octanol–water partition coefficient (Wildman–Crippen LogP) is 2.37. The number of nitrogens with zero attached hydrogens (tertiary/aromatic N) is 3. The third-order valence-corrected chi connectivity index (χ3v) is 3.13. The molecule has 106 valence electrons. The Kier molecular flexibility index (Phi) is 6.34. The average Bonchev–Trinajstić information content (AvgIpc) is 2.36. The van der Waals surface area contributed by atoms with Crippen LogP contribution in [0.5, 0.6) is 0 Å². The zero-order valence-electron chi connectivity index (χ0n) is 11.3. The van der Waals surface area contributed by atoms with Gasteiger partial charge in [-0.25, -0.2) is 4.98 Å². The number of hydrogen-bond acceptors (Lipinski definition) is 7. The van der Waals surface area contributed by atoms with E-state index in [2.05, 4.69) is 20.6 Å². The van der Waals surface area contributed by atoms with Crippen LogP contribution in [0.1, 0.15) is 20.3 Å². The normalized spacial score (nSPS) is 11.9. The lowest BCUT2D eigenvalue weighted by Crippen LogP contribution is -2.20. The fourth-order valence-corrected chi connectivity index (χ4v) is 2.05. The molecule has 0 aliphatic carbocycles. The number of anilines is 2. The molecule has 1 rings (SSSR count). The van der Waals surface area contributed by atoms with E-state index in [0.717, 1.165) is 18.7 Å². The van der Waals surface area contributed by atoms with E-state index in [1.54, 1.807) is 11.8 Å². The molecule has 1 aromatic rings. The van der Waals surface area contributed by atoms with Crippen LogP contribution in [0.25, 0.3) is 0 Å². The van der Waals surface area contributed by atoms with Gasteiger partial charge < -0.3 is 10.6 Å². The van der Waals surface area contributed by atoms with Gasteiger partial charge >= 0.3 is 5.69 Å². The lowest BCUT2D eigenvalue weighted by atomic mass is 10.3. The minimum Gasteiger partial charge on any atom is -0.361 e. The first kappa shape index (κ1) is 15.5. The van der Waals surface area contributed by atoms with Crippen molar-refractivity contribution in [3.8, 4) is 0 Å². The van der Waals surface area contributed by atoms with E-state index in [4.69, 9.17) is 0 Å². The molecule has 1 atom stereocenters. The molecule has 2 N–H and O–H groups in total. The summed E-state index contributed by atoms with van der Waals surface area (Å²) in [6, 6.07) is 0.0997. The molecular weight excluding hydrogens is 266 g/mol. The molecule has 0 aliphatic rings. The second kappa shape index (κ2) is 7.78. The smallest absolute Gasteiger partial charge is 0.329 e. The van der Waals surface area contributed by atoms with Gasteiger partial charge in [0.2, 0.25) is 11.8 Å². The molecule has 0 aromatic carbocycles. The Hall–Kier alpha value is -1.57. The van der Waals surface area contributed by atoms with Gasteiger partial charge in [-0.1, -0.05) is 6.92 Å². The van der Waals surface area contributed by atoms with E-state index in [-0.39, 0.29) is 17.5 Å². The molecule has 0 bridgehead atoms. The fourth-order valence-electron chi connectivity index (χ4n) is 1.46. The van der Waals surface area contributed by atoms with Crippen LogP contribution in [0.15, 0.2) is 6.20 Å². The van der Waals surface area contributed by atoms with Gasteiger partial charge in [0.25, 0.3) is 0 Å². The van der Waals surface area contributed by atoms with Crippen molar-refractivity contribution in [1.82, 2.24) is 9.97 Å². The largest absolute Gasteiger partial charge is 0.361 e.